The van der Waals surface area contributed by atoms with Crippen molar-refractivity contribution in [3.63, 3.8) is 0 Å². The molecular formula is C17H28F2N2. The third-order valence-electron chi connectivity index (χ3n) is 3.96. The van der Waals surface area contributed by atoms with E-state index in [0.29, 0.717) is 5.56 Å². The Bertz CT molecular complexity index is 419. The van der Waals surface area contributed by atoms with Gasteiger partial charge in [0.1, 0.15) is 11.6 Å². The minimum atomic E-state index is -0.394. The lowest BCUT2D eigenvalue weighted by Gasteiger charge is -2.23. The van der Waals surface area contributed by atoms with Gasteiger partial charge in [0.25, 0.3) is 0 Å². The second kappa shape index (κ2) is 9.11. The Kier molecular flexibility index (Phi) is 7.83. The lowest BCUT2D eigenvalue weighted by Crippen LogP contribution is -2.31. The molecule has 0 saturated carbocycles. The topological polar surface area (TPSA) is 15.3 Å². The lowest BCUT2D eigenvalue weighted by molar-refractivity contribution is 0.288. The minimum Gasteiger partial charge on any atom is -0.308 e. The first kappa shape index (κ1) is 18.1. The summed E-state index contributed by atoms with van der Waals surface area (Å²) in [7, 11) is 0. The molecule has 0 bridgehead atoms. The van der Waals surface area contributed by atoms with Crippen molar-refractivity contribution in [3.8, 4) is 0 Å². The van der Waals surface area contributed by atoms with E-state index in [1.54, 1.807) is 0 Å². The zero-order valence-corrected chi connectivity index (χ0v) is 13.6. The molecule has 1 N–H and O–H groups in total. The molecule has 2 atom stereocenters. The summed E-state index contributed by atoms with van der Waals surface area (Å²) in [6.45, 7) is 11.5. The van der Waals surface area contributed by atoms with E-state index < -0.39 is 5.82 Å². The summed E-state index contributed by atoms with van der Waals surface area (Å²) in [4.78, 5) is 2.39. The minimum absolute atomic E-state index is 0.191. The highest BCUT2D eigenvalue weighted by Gasteiger charge is 2.14. The van der Waals surface area contributed by atoms with Gasteiger partial charge in [-0.3, -0.25) is 0 Å². The highest BCUT2D eigenvalue weighted by molar-refractivity contribution is 5.21. The fourth-order valence-electron chi connectivity index (χ4n) is 2.61. The first-order valence-electron chi connectivity index (χ1n) is 7.91. The van der Waals surface area contributed by atoms with Gasteiger partial charge in [0.15, 0.2) is 0 Å². The Labute approximate surface area is 127 Å². The number of nitrogens with zero attached hydrogens (tertiary/aromatic N) is 1. The number of benzene rings is 1. The molecule has 0 fully saturated rings. The highest BCUT2D eigenvalue weighted by atomic mass is 19.1. The molecular weight excluding hydrogens is 270 g/mol. The van der Waals surface area contributed by atoms with Crippen molar-refractivity contribution in [2.24, 2.45) is 0 Å². The van der Waals surface area contributed by atoms with Crippen molar-refractivity contribution in [1.29, 1.82) is 0 Å². The third-order valence-corrected chi connectivity index (χ3v) is 3.96. The maximum absolute atomic E-state index is 13.7. The van der Waals surface area contributed by atoms with Crippen molar-refractivity contribution in [2.75, 3.05) is 19.6 Å². The molecule has 120 valence electrons. The van der Waals surface area contributed by atoms with Gasteiger partial charge < -0.3 is 10.2 Å². The molecule has 0 aliphatic carbocycles. The number of hydrogen-bond donors (Lipinski definition) is 1. The van der Waals surface area contributed by atoms with E-state index in [1.807, 2.05) is 6.92 Å². The maximum Gasteiger partial charge on any atom is 0.128 e. The molecule has 0 saturated heterocycles. The Morgan fingerprint density at radius 2 is 1.81 bits per heavy atom. The number of halogens is 2. The third kappa shape index (κ3) is 6.10. The van der Waals surface area contributed by atoms with Crippen LogP contribution in [0.25, 0.3) is 0 Å². The molecule has 0 aliphatic heterocycles. The van der Waals surface area contributed by atoms with Gasteiger partial charge in [0.2, 0.25) is 0 Å². The Morgan fingerprint density at radius 1 is 1.14 bits per heavy atom. The number of nitrogens with one attached hydrogen (secondary N) is 1. The van der Waals surface area contributed by atoms with Gasteiger partial charge in [-0.15, -0.1) is 0 Å². The largest absolute Gasteiger partial charge is 0.308 e. The van der Waals surface area contributed by atoms with Crippen LogP contribution >= 0.6 is 0 Å². The molecule has 1 rings (SSSR count). The zero-order valence-electron chi connectivity index (χ0n) is 13.6. The van der Waals surface area contributed by atoms with Crippen LogP contribution in [-0.2, 0) is 0 Å². The quantitative estimate of drug-likeness (QED) is 0.737. The van der Waals surface area contributed by atoms with Crippen LogP contribution in [0.1, 0.15) is 52.1 Å². The van der Waals surface area contributed by atoms with Crippen LogP contribution in [0.2, 0.25) is 0 Å². The van der Waals surface area contributed by atoms with E-state index in [-0.39, 0.29) is 17.9 Å². The average molecular weight is 298 g/mol. The molecule has 21 heavy (non-hydrogen) atoms. The summed E-state index contributed by atoms with van der Waals surface area (Å²) in [5.41, 5.74) is 0.394. The van der Waals surface area contributed by atoms with Gasteiger partial charge in [-0.05, 0) is 64.5 Å². The molecule has 1 aromatic rings. The molecule has 4 heteroatoms. The Balaban J connectivity index is 2.43. The summed E-state index contributed by atoms with van der Waals surface area (Å²) in [6, 6.07) is 3.70. The first-order chi connectivity index (χ1) is 9.97. The molecule has 0 aromatic heterocycles. The molecule has 2 nitrogen and oxygen atoms in total. The molecule has 0 spiro atoms. The van der Waals surface area contributed by atoms with E-state index in [0.717, 1.165) is 38.5 Å². The fourth-order valence-corrected chi connectivity index (χ4v) is 2.61. The van der Waals surface area contributed by atoms with Crippen LogP contribution in [0.5, 0.6) is 0 Å². The Morgan fingerprint density at radius 3 is 2.43 bits per heavy atom. The molecule has 0 aliphatic rings. The summed E-state index contributed by atoms with van der Waals surface area (Å²) < 4.78 is 26.9. The number of hydrogen-bond acceptors (Lipinski definition) is 2. The summed E-state index contributed by atoms with van der Waals surface area (Å²) in [6.07, 6.45) is 2.13. The fraction of sp³-hybridized carbons (Fsp3) is 0.647. The molecule has 2 unspecified atom stereocenters. The van der Waals surface area contributed by atoms with Crippen LogP contribution in [0, 0.1) is 11.6 Å². The van der Waals surface area contributed by atoms with E-state index in [2.05, 4.69) is 31.0 Å². The van der Waals surface area contributed by atoms with Gasteiger partial charge in [0, 0.05) is 17.6 Å². The van der Waals surface area contributed by atoms with Gasteiger partial charge in [-0.1, -0.05) is 13.8 Å². The van der Waals surface area contributed by atoms with Crippen molar-refractivity contribution in [1.82, 2.24) is 10.2 Å². The van der Waals surface area contributed by atoms with E-state index in [9.17, 15) is 8.78 Å². The Hall–Kier alpha value is -1.00. The van der Waals surface area contributed by atoms with Crippen LogP contribution in [0.4, 0.5) is 8.78 Å². The smallest absolute Gasteiger partial charge is 0.128 e. The molecule has 0 amide bonds. The molecule has 1 aromatic carbocycles. The predicted molar refractivity (Wildman–Crippen MR) is 84.4 cm³/mol. The summed E-state index contributed by atoms with van der Waals surface area (Å²) in [5, 5.41) is 3.35. The van der Waals surface area contributed by atoms with Gasteiger partial charge in [0.05, 0.1) is 0 Å². The second-order valence-corrected chi connectivity index (χ2v) is 5.62. The SMILES string of the molecule is CCN(CC)CCCC(C)NC(C)c1cc(F)ccc1F. The van der Waals surface area contributed by atoms with Crippen molar-refractivity contribution in [2.45, 2.75) is 52.6 Å². The van der Waals surface area contributed by atoms with E-state index >= 15 is 0 Å². The highest BCUT2D eigenvalue weighted by Crippen LogP contribution is 2.19. The van der Waals surface area contributed by atoms with Crippen LogP contribution < -0.4 is 5.32 Å². The predicted octanol–water partition coefficient (Wildman–Crippen LogP) is 4.13. The summed E-state index contributed by atoms with van der Waals surface area (Å²) >= 11 is 0. The second-order valence-electron chi connectivity index (χ2n) is 5.62. The average Bonchev–Trinajstić information content (AvgIpc) is 2.46. The summed E-state index contributed by atoms with van der Waals surface area (Å²) in [5.74, 6) is -0.749. The van der Waals surface area contributed by atoms with Crippen molar-refractivity contribution >= 4 is 0 Å². The van der Waals surface area contributed by atoms with Crippen LogP contribution in [0.15, 0.2) is 18.2 Å². The monoisotopic (exact) mass is 298 g/mol. The standard InChI is InChI=1S/C17H28F2N2/c1-5-21(6-2)11-7-8-13(3)20-14(4)16-12-15(18)9-10-17(16)19/h9-10,12-14,20H,5-8,11H2,1-4H3. The van der Waals surface area contributed by atoms with E-state index in [1.165, 1.54) is 12.1 Å². The van der Waals surface area contributed by atoms with Gasteiger partial charge in [-0.25, -0.2) is 8.78 Å². The van der Waals surface area contributed by atoms with Gasteiger partial charge in [-0.2, -0.15) is 0 Å². The van der Waals surface area contributed by atoms with Crippen LogP contribution in [0.3, 0.4) is 0 Å². The maximum atomic E-state index is 13.7. The van der Waals surface area contributed by atoms with Crippen LogP contribution in [-0.4, -0.2) is 30.6 Å². The van der Waals surface area contributed by atoms with Crippen molar-refractivity contribution < 1.29 is 8.78 Å². The zero-order chi connectivity index (χ0) is 15.8. The number of rotatable bonds is 9. The lowest BCUT2D eigenvalue weighted by atomic mass is 10.1. The van der Waals surface area contributed by atoms with Gasteiger partial charge >= 0.3 is 0 Å². The molecule has 0 heterocycles. The molecule has 0 radical (unpaired) electrons. The van der Waals surface area contributed by atoms with E-state index in [4.69, 9.17) is 0 Å². The first-order valence-corrected chi connectivity index (χ1v) is 7.91. The van der Waals surface area contributed by atoms with Crippen molar-refractivity contribution in [3.05, 3.63) is 35.4 Å². The normalized spacial score (nSPS) is 14.4.